The maximum atomic E-state index is 13.5. The van der Waals surface area contributed by atoms with Crippen molar-refractivity contribution in [2.75, 3.05) is 39.3 Å². The van der Waals surface area contributed by atoms with Crippen molar-refractivity contribution >= 4 is 54.1 Å². The van der Waals surface area contributed by atoms with E-state index < -0.39 is 0 Å². The Labute approximate surface area is 177 Å². The van der Waals surface area contributed by atoms with Crippen molar-refractivity contribution in [1.29, 1.82) is 0 Å². The molecule has 6 rings (SSSR count). The fraction of sp³-hybridized carbons (Fsp3) is 0.250. The SMILES string of the molecule is O=C1c2cccc3c2c(cc2c4ccccc4sc32)C(=O)N1CCN1CCNCC1. The van der Waals surface area contributed by atoms with Crippen molar-refractivity contribution < 1.29 is 9.59 Å². The van der Waals surface area contributed by atoms with Crippen LogP contribution in [0.4, 0.5) is 0 Å². The summed E-state index contributed by atoms with van der Waals surface area (Å²) in [5.74, 6) is -0.343. The molecule has 2 amide bonds. The highest BCUT2D eigenvalue weighted by Crippen LogP contribution is 2.42. The molecule has 0 saturated carbocycles. The molecule has 1 saturated heterocycles. The molecule has 1 N–H and O–H groups in total. The van der Waals surface area contributed by atoms with Crippen LogP contribution in [0, 0.1) is 0 Å². The molecule has 2 aliphatic rings. The summed E-state index contributed by atoms with van der Waals surface area (Å²) in [6, 6.07) is 16.1. The third-order valence-electron chi connectivity index (χ3n) is 6.30. The Morgan fingerprint density at radius 1 is 0.833 bits per heavy atom. The summed E-state index contributed by atoms with van der Waals surface area (Å²) < 4.78 is 2.34. The van der Waals surface area contributed by atoms with Gasteiger partial charge in [-0.1, -0.05) is 30.3 Å². The molecule has 0 atom stereocenters. The monoisotopic (exact) mass is 415 g/mol. The van der Waals surface area contributed by atoms with Crippen molar-refractivity contribution in [2.24, 2.45) is 0 Å². The molecule has 3 aromatic carbocycles. The molecular formula is C24H21N3O2S. The zero-order valence-corrected chi connectivity index (χ0v) is 17.3. The number of amides is 2. The molecule has 0 spiro atoms. The summed E-state index contributed by atoms with van der Waals surface area (Å²) in [6.45, 7) is 4.94. The molecule has 0 bridgehead atoms. The average Bonchev–Trinajstić information content (AvgIpc) is 3.17. The van der Waals surface area contributed by atoms with Gasteiger partial charge < -0.3 is 5.32 Å². The Morgan fingerprint density at radius 2 is 1.60 bits per heavy atom. The highest BCUT2D eigenvalue weighted by atomic mass is 32.1. The number of nitrogens with one attached hydrogen (secondary N) is 1. The fourth-order valence-electron chi connectivity index (χ4n) is 4.77. The van der Waals surface area contributed by atoms with E-state index >= 15 is 0 Å². The third-order valence-corrected chi connectivity index (χ3v) is 7.52. The van der Waals surface area contributed by atoms with Crippen LogP contribution in [0.25, 0.3) is 30.9 Å². The number of thiophene rings is 1. The molecule has 0 aliphatic carbocycles. The van der Waals surface area contributed by atoms with Gasteiger partial charge in [0.05, 0.1) is 0 Å². The topological polar surface area (TPSA) is 52.7 Å². The molecule has 3 heterocycles. The standard InChI is InChI=1S/C24H21N3O2S/c28-23-17-6-3-5-16-21(17)19(14-18-15-4-1-2-7-20(15)30-22(16)18)24(29)27(23)13-12-26-10-8-25-9-11-26/h1-7,14,25H,8-13H2. The van der Waals surface area contributed by atoms with Crippen molar-refractivity contribution in [3.63, 3.8) is 0 Å². The zero-order chi connectivity index (χ0) is 20.2. The minimum Gasteiger partial charge on any atom is -0.314 e. The normalized spacial score (nSPS) is 17.5. The molecule has 0 unspecified atom stereocenters. The number of fused-ring (bicyclic) bond motifs is 4. The molecular weight excluding hydrogens is 394 g/mol. The summed E-state index contributed by atoms with van der Waals surface area (Å²) in [5.41, 5.74) is 1.29. The Bertz CT molecular complexity index is 1340. The summed E-state index contributed by atoms with van der Waals surface area (Å²) in [6.07, 6.45) is 0. The zero-order valence-electron chi connectivity index (χ0n) is 16.5. The van der Waals surface area contributed by atoms with E-state index in [2.05, 4.69) is 22.3 Å². The Hall–Kier alpha value is -2.80. The van der Waals surface area contributed by atoms with Crippen LogP contribution in [0.3, 0.4) is 0 Å². The summed E-state index contributed by atoms with van der Waals surface area (Å²) in [4.78, 5) is 30.5. The van der Waals surface area contributed by atoms with Crippen molar-refractivity contribution in [1.82, 2.24) is 15.1 Å². The van der Waals surface area contributed by atoms with Crippen LogP contribution in [0.5, 0.6) is 0 Å². The Morgan fingerprint density at radius 3 is 2.47 bits per heavy atom. The molecule has 5 nitrogen and oxygen atoms in total. The van der Waals surface area contributed by atoms with Crippen LogP contribution in [0.2, 0.25) is 0 Å². The van der Waals surface area contributed by atoms with Crippen LogP contribution in [0.15, 0.2) is 48.5 Å². The third kappa shape index (κ3) is 2.61. The van der Waals surface area contributed by atoms with E-state index in [1.807, 2.05) is 36.4 Å². The number of nitrogens with zero attached hydrogens (tertiary/aromatic N) is 2. The van der Waals surface area contributed by atoms with E-state index in [0.717, 1.165) is 52.4 Å². The molecule has 4 aromatic rings. The number of carbonyl (C=O) groups excluding carboxylic acids is 2. The lowest BCUT2D eigenvalue weighted by molar-refractivity contribution is 0.0590. The second-order valence-corrected chi connectivity index (χ2v) is 9.03. The Balaban J connectivity index is 1.49. The van der Waals surface area contributed by atoms with Crippen LogP contribution in [-0.4, -0.2) is 60.9 Å². The van der Waals surface area contributed by atoms with Gasteiger partial charge in [0.2, 0.25) is 0 Å². The summed E-state index contributed by atoms with van der Waals surface area (Å²) in [5, 5.41) is 7.41. The maximum absolute atomic E-state index is 13.5. The van der Waals surface area contributed by atoms with Gasteiger partial charge in [0.1, 0.15) is 0 Å². The molecule has 30 heavy (non-hydrogen) atoms. The van der Waals surface area contributed by atoms with Crippen LogP contribution in [0.1, 0.15) is 20.7 Å². The van der Waals surface area contributed by atoms with E-state index in [4.69, 9.17) is 0 Å². The number of hydrogen-bond donors (Lipinski definition) is 1. The van der Waals surface area contributed by atoms with Crippen LogP contribution in [-0.2, 0) is 0 Å². The quantitative estimate of drug-likeness (QED) is 0.519. The lowest BCUT2D eigenvalue weighted by Crippen LogP contribution is -2.49. The first-order valence-corrected chi connectivity index (χ1v) is 11.2. The van der Waals surface area contributed by atoms with E-state index in [-0.39, 0.29) is 11.8 Å². The lowest BCUT2D eigenvalue weighted by Gasteiger charge is -2.32. The molecule has 1 fully saturated rings. The fourth-order valence-corrected chi connectivity index (χ4v) is 5.98. The second-order valence-electron chi connectivity index (χ2n) is 7.98. The van der Waals surface area contributed by atoms with Gasteiger partial charge >= 0.3 is 0 Å². The number of carbonyl (C=O) groups is 2. The number of piperazine rings is 1. The largest absolute Gasteiger partial charge is 0.314 e. The second kappa shape index (κ2) is 6.87. The van der Waals surface area contributed by atoms with E-state index in [1.165, 1.54) is 9.60 Å². The van der Waals surface area contributed by atoms with Gasteiger partial charge in [-0.25, -0.2) is 0 Å². The highest BCUT2D eigenvalue weighted by Gasteiger charge is 2.34. The molecule has 6 heteroatoms. The molecule has 150 valence electrons. The van der Waals surface area contributed by atoms with Crippen molar-refractivity contribution in [3.05, 3.63) is 59.7 Å². The molecule has 0 radical (unpaired) electrons. The van der Waals surface area contributed by atoms with Gasteiger partial charge in [-0.05, 0) is 18.2 Å². The Kier molecular flexibility index (Phi) is 4.13. The minimum absolute atomic E-state index is 0.170. The van der Waals surface area contributed by atoms with Crippen LogP contribution < -0.4 is 5.32 Å². The highest BCUT2D eigenvalue weighted by molar-refractivity contribution is 7.26. The molecule has 1 aromatic heterocycles. The number of imide groups is 1. The number of hydrogen-bond acceptors (Lipinski definition) is 5. The van der Waals surface area contributed by atoms with Crippen molar-refractivity contribution in [2.45, 2.75) is 0 Å². The van der Waals surface area contributed by atoms with Gasteiger partial charge in [-0.15, -0.1) is 11.3 Å². The minimum atomic E-state index is -0.173. The smallest absolute Gasteiger partial charge is 0.261 e. The first-order chi connectivity index (χ1) is 14.7. The summed E-state index contributed by atoms with van der Waals surface area (Å²) in [7, 11) is 0. The molecule has 2 aliphatic heterocycles. The van der Waals surface area contributed by atoms with Gasteiger partial charge in [-0.2, -0.15) is 0 Å². The number of benzene rings is 3. The van der Waals surface area contributed by atoms with Gasteiger partial charge in [-0.3, -0.25) is 19.4 Å². The lowest BCUT2D eigenvalue weighted by atomic mass is 9.92. The predicted molar refractivity (Wildman–Crippen MR) is 122 cm³/mol. The maximum Gasteiger partial charge on any atom is 0.261 e. The van der Waals surface area contributed by atoms with E-state index in [9.17, 15) is 9.59 Å². The first kappa shape index (κ1) is 18.0. The first-order valence-electron chi connectivity index (χ1n) is 10.4. The van der Waals surface area contributed by atoms with Gasteiger partial charge in [0.15, 0.2) is 0 Å². The van der Waals surface area contributed by atoms with Gasteiger partial charge in [0.25, 0.3) is 11.8 Å². The van der Waals surface area contributed by atoms with Gasteiger partial charge in [0, 0.05) is 81.3 Å². The average molecular weight is 416 g/mol. The number of rotatable bonds is 3. The van der Waals surface area contributed by atoms with Crippen molar-refractivity contribution in [3.8, 4) is 0 Å². The predicted octanol–water partition coefficient (Wildman–Crippen LogP) is 3.71. The van der Waals surface area contributed by atoms with E-state index in [1.54, 1.807) is 11.3 Å². The van der Waals surface area contributed by atoms with E-state index in [0.29, 0.717) is 24.2 Å². The van der Waals surface area contributed by atoms with Crippen LogP contribution >= 0.6 is 11.3 Å². The summed E-state index contributed by atoms with van der Waals surface area (Å²) >= 11 is 1.73.